The second-order valence-electron chi connectivity index (χ2n) is 7.10. The van der Waals surface area contributed by atoms with Gasteiger partial charge in [0.1, 0.15) is 0 Å². The predicted octanol–water partition coefficient (Wildman–Crippen LogP) is 6.57. The van der Waals surface area contributed by atoms with Crippen LogP contribution in [-0.2, 0) is 25.8 Å². The Morgan fingerprint density at radius 2 is 1.29 bits per heavy atom. The molecule has 0 spiro atoms. The van der Waals surface area contributed by atoms with Gasteiger partial charge in [0.15, 0.2) is 0 Å². The molecule has 2 aromatic carbocycles. The average Bonchev–Trinajstić information content (AvgIpc) is 2.90. The van der Waals surface area contributed by atoms with Gasteiger partial charge in [0.05, 0.1) is 0 Å². The van der Waals surface area contributed by atoms with Crippen LogP contribution in [0.2, 0.25) is 0 Å². The van der Waals surface area contributed by atoms with Gasteiger partial charge in [-0.1, -0.05) is 79.0 Å². The van der Waals surface area contributed by atoms with E-state index in [1.807, 2.05) is 0 Å². The molecule has 0 N–H and O–H groups in total. The molecule has 2 aromatic rings. The van der Waals surface area contributed by atoms with Crippen molar-refractivity contribution >= 4 is 5.57 Å². The van der Waals surface area contributed by atoms with Crippen LogP contribution in [0, 0.1) is 54.5 Å². The molecule has 1 unspecified atom stereocenters. The molecule has 1 atom stereocenters. The Kier molecular flexibility index (Phi) is 7.11. The van der Waals surface area contributed by atoms with Gasteiger partial charge in [0.2, 0.25) is 0 Å². The van der Waals surface area contributed by atoms with E-state index in [0.717, 1.165) is 0 Å². The molecule has 0 aliphatic heterocycles. The zero-order valence-electron chi connectivity index (χ0n) is 16.7. The van der Waals surface area contributed by atoms with Crippen LogP contribution in [0.25, 0.3) is 5.57 Å². The largest absolute Gasteiger partial charge is 0.266 e. The van der Waals surface area contributed by atoms with Crippen LogP contribution in [0.5, 0.6) is 0 Å². The van der Waals surface area contributed by atoms with Crippen molar-refractivity contribution in [3.63, 3.8) is 0 Å². The predicted molar refractivity (Wildman–Crippen MR) is 102 cm³/mol. The number of benzene rings is 1. The number of hydrogen-bond acceptors (Lipinski definition) is 0. The Morgan fingerprint density at radius 1 is 0.833 bits per heavy atom. The zero-order valence-corrected chi connectivity index (χ0v) is 20.3. The number of fused-ring (bicyclic) bond motifs is 1. The molecule has 1 heteroatoms. The quantitative estimate of drug-likeness (QED) is 0.293. The van der Waals surface area contributed by atoms with Crippen LogP contribution < -0.4 is 0 Å². The van der Waals surface area contributed by atoms with Crippen molar-refractivity contribution in [1.82, 2.24) is 0 Å². The summed E-state index contributed by atoms with van der Waals surface area (Å²) in [5, 5.41) is 0. The molecule has 0 bridgehead atoms. The Balaban J connectivity index is 0.000000238. The minimum Gasteiger partial charge on any atom is -0.266 e. The van der Waals surface area contributed by atoms with Crippen molar-refractivity contribution < 1.29 is 25.8 Å². The van der Waals surface area contributed by atoms with Crippen LogP contribution in [-0.4, -0.2) is 0 Å². The minimum absolute atomic E-state index is 0. The summed E-state index contributed by atoms with van der Waals surface area (Å²) in [7, 11) is 0. The first-order valence-corrected chi connectivity index (χ1v) is 8.57. The molecule has 3 rings (SSSR count). The van der Waals surface area contributed by atoms with E-state index in [0.29, 0.717) is 5.92 Å². The third kappa shape index (κ3) is 3.72. The van der Waals surface area contributed by atoms with Gasteiger partial charge in [-0.3, -0.25) is 6.08 Å². The Hall–Kier alpha value is -0.820. The summed E-state index contributed by atoms with van der Waals surface area (Å²) < 4.78 is 0. The van der Waals surface area contributed by atoms with Crippen molar-refractivity contribution in [2.75, 3.05) is 0 Å². The molecule has 0 aromatic heterocycles. The summed E-state index contributed by atoms with van der Waals surface area (Å²) in [4.78, 5) is 0. The summed E-state index contributed by atoms with van der Waals surface area (Å²) in [5.74, 6) is 0.481. The van der Waals surface area contributed by atoms with E-state index in [2.05, 4.69) is 80.5 Å². The van der Waals surface area contributed by atoms with Gasteiger partial charge < -0.3 is 0 Å². The molecule has 0 saturated heterocycles. The van der Waals surface area contributed by atoms with Gasteiger partial charge in [-0.2, -0.15) is 33.4 Å². The smallest absolute Gasteiger partial charge is 0 e. The number of rotatable bonds is 0. The van der Waals surface area contributed by atoms with E-state index >= 15 is 0 Å². The van der Waals surface area contributed by atoms with E-state index in [4.69, 9.17) is 0 Å². The fraction of sp³-hybridized carbons (Fsp3) is 0.435. The molecular weight excluding hydrogens is 455 g/mol. The fourth-order valence-corrected chi connectivity index (χ4v) is 3.76. The third-order valence-corrected chi connectivity index (χ3v) is 5.73. The minimum atomic E-state index is 0. The van der Waals surface area contributed by atoms with E-state index in [-0.39, 0.29) is 25.8 Å². The third-order valence-electron chi connectivity index (χ3n) is 5.73. The molecule has 0 nitrogen and oxygen atoms in total. The van der Waals surface area contributed by atoms with E-state index in [1.165, 1.54) is 55.6 Å². The van der Waals surface area contributed by atoms with Crippen molar-refractivity contribution in [3.8, 4) is 0 Å². The first-order valence-electron chi connectivity index (χ1n) is 8.57. The molecule has 1 aliphatic carbocycles. The van der Waals surface area contributed by atoms with E-state index in [1.54, 1.807) is 0 Å². The number of allylic oxidation sites excluding steroid dienone is 2. The summed E-state index contributed by atoms with van der Waals surface area (Å²) in [6.45, 7) is 19.8. The molecule has 0 saturated carbocycles. The molecule has 24 heavy (non-hydrogen) atoms. The van der Waals surface area contributed by atoms with Gasteiger partial charge in [0.25, 0.3) is 0 Å². The van der Waals surface area contributed by atoms with Gasteiger partial charge in [-0.05, 0) is 6.92 Å². The normalized spacial score (nSPS) is 15.2. The maximum Gasteiger partial charge on any atom is 0 e. The van der Waals surface area contributed by atoms with Gasteiger partial charge >= 0.3 is 0 Å². The van der Waals surface area contributed by atoms with Crippen molar-refractivity contribution in [3.05, 3.63) is 68.3 Å². The number of aryl methyl sites for hydroxylation is 2. The Bertz CT molecular complexity index is 692. The van der Waals surface area contributed by atoms with Gasteiger partial charge in [0, 0.05) is 25.8 Å². The van der Waals surface area contributed by atoms with Crippen LogP contribution in [0.1, 0.15) is 69.8 Å². The van der Waals surface area contributed by atoms with Crippen LogP contribution in [0.15, 0.2) is 12.1 Å². The van der Waals surface area contributed by atoms with Gasteiger partial charge in [-0.25, -0.2) is 5.57 Å². The zero-order chi connectivity index (χ0) is 17.5. The fourth-order valence-electron chi connectivity index (χ4n) is 3.76. The maximum absolute atomic E-state index is 3.48. The first kappa shape index (κ1) is 21.2. The molecular formula is C23H30Hf-2. The van der Waals surface area contributed by atoms with Crippen LogP contribution in [0.3, 0.4) is 0 Å². The summed E-state index contributed by atoms with van der Waals surface area (Å²) >= 11 is 0. The van der Waals surface area contributed by atoms with Crippen molar-refractivity contribution in [2.45, 2.75) is 68.2 Å². The Labute approximate surface area is 167 Å². The second-order valence-corrected chi connectivity index (χ2v) is 7.10. The van der Waals surface area contributed by atoms with Crippen LogP contribution >= 0.6 is 0 Å². The number of hydrogen-bond donors (Lipinski definition) is 0. The average molecular weight is 485 g/mol. The molecule has 0 fully saturated rings. The molecule has 0 amide bonds. The van der Waals surface area contributed by atoms with E-state index < -0.39 is 0 Å². The standard InChI is InChI=1S/C13H15.C10H15.Hf/c1-8-5-6-9(2)13-11(4)7-10(3)12(8)13;1-6-7(2)9(4)10(5)8(6)3;/h5-6,10H,1-4H3;1-5H3;/q2*-1;. The molecule has 128 valence electrons. The SMILES string of the molecule is CC1=[C-]C(C)c2c(C)ccc(C)c21.Cc1c(C)c(C)[c-](C)c1C.[Hf]. The summed E-state index contributed by atoms with van der Waals surface area (Å²) in [6.07, 6.45) is 3.48. The summed E-state index contributed by atoms with van der Waals surface area (Å²) in [5.41, 5.74) is 14.4. The van der Waals surface area contributed by atoms with Crippen molar-refractivity contribution in [1.29, 1.82) is 0 Å². The second kappa shape index (κ2) is 8.04. The van der Waals surface area contributed by atoms with Crippen molar-refractivity contribution in [2.24, 2.45) is 0 Å². The monoisotopic (exact) mass is 486 g/mol. The molecule has 0 radical (unpaired) electrons. The molecule has 1 aliphatic rings. The Morgan fingerprint density at radius 3 is 1.67 bits per heavy atom. The van der Waals surface area contributed by atoms with Crippen LogP contribution in [0.4, 0.5) is 0 Å². The summed E-state index contributed by atoms with van der Waals surface area (Å²) in [6, 6.07) is 4.42. The first-order chi connectivity index (χ1) is 10.7. The maximum atomic E-state index is 3.48. The topological polar surface area (TPSA) is 0 Å². The van der Waals surface area contributed by atoms with Gasteiger partial charge in [-0.15, -0.1) is 11.1 Å². The van der Waals surface area contributed by atoms with E-state index in [9.17, 15) is 0 Å². The molecule has 0 heterocycles.